The average molecular weight is 404 g/mol. The van der Waals surface area contributed by atoms with E-state index >= 15 is 0 Å². The Bertz CT molecular complexity index is 1190. The van der Waals surface area contributed by atoms with E-state index in [0.29, 0.717) is 37.6 Å². The van der Waals surface area contributed by atoms with Crippen molar-refractivity contribution in [3.8, 4) is 0 Å². The lowest BCUT2D eigenvalue weighted by atomic mass is 10.3. The maximum Gasteiger partial charge on any atom is 0.453 e. The summed E-state index contributed by atoms with van der Waals surface area (Å²) in [6.07, 6.45) is -1.45. The lowest BCUT2D eigenvalue weighted by Gasteiger charge is -2.36. The van der Waals surface area contributed by atoms with Crippen molar-refractivity contribution >= 4 is 28.4 Å². The van der Waals surface area contributed by atoms with Crippen molar-refractivity contribution in [1.29, 1.82) is 0 Å². The molecule has 0 unspecified atom stereocenters. The van der Waals surface area contributed by atoms with E-state index in [0.717, 1.165) is 15.8 Å². The zero-order chi connectivity index (χ0) is 20.2. The Hall–Kier alpha value is -3.51. The number of hydrogen-bond acceptors (Lipinski definition) is 8. The van der Waals surface area contributed by atoms with Crippen molar-refractivity contribution in [2.45, 2.75) is 6.18 Å². The molecule has 0 amide bonds. The van der Waals surface area contributed by atoms with Gasteiger partial charge < -0.3 is 14.4 Å². The number of piperazine rings is 1. The topological polar surface area (TPSA) is 93.2 Å². The van der Waals surface area contributed by atoms with Gasteiger partial charge in [-0.05, 0) is 12.1 Å². The van der Waals surface area contributed by atoms with Crippen molar-refractivity contribution in [1.82, 2.24) is 39.3 Å². The molecular formula is C16H15F3N10. The summed E-state index contributed by atoms with van der Waals surface area (Å²) in [5, 5.41) is 10.9. The maximum absolute atomic E-state index is 13.1. The predicted molar refractivity (Wildman–Crippen MR) is 96.5 cm³/mol. The molecule has 5 rings (SSSR count). The Morgan fingerprint density at radius 1 is 0.931 bits per heavy atom. The lowest BCUT2D eigenvalue weighted by Crippen LogP contribution is -2.47. The van der Waals surface area contributed by atoms with Crippen LogP contribution in [0.3, 0.4) is 0 Å². The van der Waals surface area contributed by atoms with Crippen molar-refractivity contribution < 1.29 is 13.2 Å². The third-order valence-corrected chi connectivity index (χ3v) is 4.90. The normalized spacial score (nSPS) is 15.6. The number of halogens is 3. The van der Waals surface area contributed by atoms with E-state index in [9.17, 15) is 13.2 Å². The van der Waals surface area contributed by atoms with Gasteiger partial charge in [0, 0.05) is 33.2 Å². The molecule has 5 heterocycles. The van der Waals surface area contributed by atoms with Gasteiger partial charge in [-0.1, -0.05) is 0 Å². The van der Waals surface area contributed by atoms with E-state index in [2.05, 4.69) is 35.1 Å². The third-order valence-electron chi connectivity index (χ3n) is 4.90. The molecule has 0 atom stereocenters. The van der Waals surface area contributed by atoms with Crippen LogP contribution in [-0.2, 0) is 13.2 Å². The molecule has 0 spiro atoms. The van der Waals surface area contributed by atoms with Crippen LogP contribution >= 0.6 is 0 Å². The Morgan fingerprint density at radius 3 is 2.45 bits per heavy atom. The maximum atomic E-state index is 13.1. The van der Waals surface area contributed by atoms with E-state index in [1.165, 1.54) is 12.4 Å². The van der Waals surface area contributed by atoms with Gasteiger partial charge in [-0.3, -0.25) is 0 Å². The number of hydrogen-bond donors (Lipinski definition) is 0. The standard InChI is InChI=1S/C16H15F3N10/c1-26-9-22-13-12(26)14(21-8-20-13)28-6-4-27(5-7-28)11-3-2-10-23-24-15(16(17,18)19)29(10)25-11/h2-3,8-9H,4-7H2,1H3. The summed E-state index contributed by atoms with van der Waals surface area (Å²) >= 11 is 0. The molecule has 0 radical (unpaired) electrons. The van der Waals surface area contributed by atoms with Crippen LogP contribution < -0.4 is 9.80 Å². The first-order valence-electron chi connectivity index (χ1n) is 8.83. The molecule has 10 nitrogen and oxygen atoms in total. The summed E-state index contributed by atoms with van der Waals surface area (Å²) in [6.45, 7) is 2.41. The van der Waals surface area contributed by atoms with Gasteiger partial charge >= 0.3 is 6.18 Å². The summed E-state index contributed by atoms with van der Waals surface area (Å²) in [6, 6.07) is 3.14. The highest BCUT2D eigenvalue weighted by atomic mass is 19.4. The molecule has 1 fully saturated rings. The van der Waals surface area contributed by atoms with Crippen molar-refractivity contribution in [2.24, 2.45) is 7.05 Å². The van der Waals surface area contributed by atoms with Gasteiger partial charge in [0.25, 0.3) is 5.82 Å². The second kappa shape index (κ2) is 6.25. The van der Waals surface area contributed by atoms with Crippen LogP contribution in [0.2, 0.25) is 0 Å². The molecule has 4 aromatic heterocycles. The van der Waals surface area contributed by atoms with Crippen molar-refractivity contribution in [3.63, 3.8) is 0 Å². The number of nitrogens with zero attached hydrogens (tertiary/aromatic N) is 10. The van der Waals surface area contributed by atoms with Crippen molar-refractivity contribution in [3.05, 3.63) is 30.6 Å². The van der Waals surface area contributed by atoms with Crippen LogP contribution in [0, 0.1) is 0 Å². The first-order valence-corrected chi connectivity index (χ1v) is 8.83. The van der Waals surface area contributed by atoms with Gasteiger partial charge in [0.15, 0.2) is 17.1 Å². The smallest absolute Gasteiger partial charge is 0.352 e. The minimum atomic E-state index is -4.62. The Balaban J connectivity index is 1.40. The molecule has 0 bridgehead atoms. The number of imidazole rings is 1. The molecule has 0 N–H and O–H groups in total. The van der Waals surface area contributed by atoms with Gasteiger partial charge in [-0.15, -0.1) is 15.3 Å². The van der Waals surface area contributed by atoms with Gasteiger partial charge in [0.05, 0.1) is 6.33 Å². The molecule has 1 aliphatic heterocycles. The number of aryl methyl sites for hydroxylation is 1. The first kappa shape index (κ1) is 17.6. The van der Waals surface area contributed by atoms with E-state index in [-0.39, 0.29) is 5.65 Å². The molecule has 0 aromatic carbocycles. The Kier molecular flexibility index (Phi) is 3.79. The largest absolute Gasteiger partial charge is 0.453 e. The first-order chi connectivity index (χ1) is 13.9. The number of aromatic nitrogens is 8. The van der Waals surface area contributed by atoms with Crippen LogP contribution in [0.25, 0.3) is 16.8 Å². The SMILES string of the molecule is Cn1cnc2ncnc(N3CCN(c4ccc5nnc(C(F)(F)F)n5n4)CC3)c21. The van der Waals surface area contributed by atoms with Crippen LogP contribution in [0.1, 0.15) is 5.82 Å². The minimum absolute atomic E-state index is 0.0549. The predicted octanol–water partition coefficient (Wildman–Crippen LogP) is 1.15. The summed E-state index contributed by atoms with van der Waals surface area (Å²) < 4.78 is 41.9. The van der Waals surface area contributed by atoms with Crippen LogP contribution in [0.4, 0.5) is 24.8 Å². The Labute approximate surface area is 161 Å². The average Bonchev–Trinajstić information content (AvgIpc) is 3.31. The monoisotopic (exact) mass is 404 g/mol. The van der Waals surface area contributed by atoms with E-state index < -0.39 is 12.0 Å². The highest BCUT2D eigenvalue weighted by Gasteiger charge is 2.38. The summed E-state index contributed by atoms with van der Waals surface area (Å²) in [4.78, 5) is 16.9. The van der Waals surface area contributed by atoms with E-state index in [4.69, 9.17) is 0 Å². The molecule has 0 saturated carbocycles. The van der Waals surface area contributed by atoms with Crippen molar-refractivity contribution in [2.75, 3.05) is 36.0 Å². The molecular weight excluding hydrogens is 389 g/mol. The second-order valence-electron chi connectivity index (χ2n) is 6.68. The number of fused-ring (bicyclic) bond motifs is 2. The molecule has 4 aromatic rings. The quantitative estimate of drug-likeness (QED) is 0.491. The fourth-order valence-electron chi connectivity index (χ4n) is 3.47. The summed E-state index contributed by atoms with van der Waals surface area (Å²) in [5.41, 5.74) is 1.53. The van der Waals surface area contributed by atoms with E-state index in [1.54, 1.807) is 12.4 Å². The zero-order valence-corrected chi connectivity index (χ0v) is 15.2. The minimum Gasteiger partial charge on any atom is -0.352 e. The molecule has 150 valence electrons. The fraction of sp³-hybridized carbons (Fsp3) is 0.375. The van der Waals surface area contributed by atoms with Gasteiger partial charge in [0.2, 0.25) is 0 Å². The molecule has 1 aliphatic rings. The van der Waals surface area contributed by atoms with Crippen LogP contribution in [-0.4, -0.2) is 65.5 Å². The van der Waals surface area contributed by atoms with Gasteiger partial charge in [-0.2, -0.15) is 17.7 Å². The lowest BCUT2D eigenvalue weighted by molar-refractivity contribution is -0.146. The number of alkyl halides is 3. The highest BCUT2D eigenvalue weighted by molar-refractivity contribution is 5.83. The highest BCUT2D eigenvalue weighted by Crippen LogP contribution is 2.28. The number of anilines is 2. The summed E-state index contributed by atoms with van der Waals surface area (Å²) in [7, 11) is 1.88. The molecule has 0 aliphatic carbocycles. The second-order valence-corrected chi connectivity index (χ2v) is 6.68. The van der Waals surface area contributed by atoms with Crippen LogP contribution in [0.5, 0.6) is 0 Å². The van der Waals surface area contributed by atoms with Gasteiger partial charge in [0.1, 0.15) is 17.7 Å². The molecule has 29 heavy (non-hydrogen) atoms. The fourth-order valence-corrected chi connectivity index (χ4v) is 3.47. The molecule has 13 heteroatoms. The van der Waals surface area contributed by atoms with E-state index in [1.807, 2.05) is 16.5 Å². The zero-order valence-electron chi connectivity index (χ0n) is 15.2. The number of rotatable bonds is 2. The molecule has 1 saturated heterocycles. The van der Waals surface area contributed by atoms with Gasteiger partial charge in [-0.25, -0.2) is 15.0 Å². The third kappa shape index (κ3) is 2.89. The summed E-state index contributed by atoms with van der Waals surface area (Å²) in [5.74, 6) is 0.0969. The Morgan fingerprint density at radius 2 is 1.69 bits per heavy atom. The van der Waals surface area contributed by atoms with Crippen LogP contribution in [0.15, 0.2) is 24.8 Å².